The molecule has 1 amide bonds. The minimum Gasteiger partial charge on any atom is -0.505 e. The van der Waals surface area contributed by atoms with Crippen LogP contribution in [0.1, 0.15) is 42.5 Å². The zero-order valence-electron chi connectivity index (χ0n) is 21.8. The van der Waals surface area contributed by atoms with Crippen molar-refractivity contribution in [1.29, 1.82) is 0 Å². The van der Waals surface area contributed by atoms with Gasteiger partial charge < -0.3 is 43.9 Å². The zero-order valence-corrected chi connectivity index (χ0v) is 21.8. The van der Waals surface area contributed by atoms with Gasteiger partial charge in [-0.05, 0) is 52.0 Å². The fourth-order valence-corrected chi connectivity index (χ4v) is 4.52. The quantitative estimate of drug-likeness (QED) is 0.274. The number of aryl methyl sites for hydroxylation is 2. The molecule has 0 spiro atoms. The molecule has 3 aromatic rings. The van der Waals surface area contributed by atoms with Crippen molar-refractivity contribution in [1.82, 2.24) is 4.98 Å². The molecule has 1 aliphatic rings. The number of hydrogen-bond donors (Lipinski definition) is 4. The van der Waals surface area contributed by atoms with Gasteiger partial charge in [0.05, 0.1) is 11.0 Å². The zero-order chi connectivity index (χ0) is 27.9. The number of ether oxygens (including phenoxy) is 4. The van der Waals surface area contributed by atoms with Crippen molar-refractivity contribution < 1.29 is 43.2 Å². The van der Waals surface area contributed by atoms with E-state index >= 15 is 0 Å². The summed E-state index contributed by atoms with van der Waals surface area (Å²) in [5.74, 6) is -1.51. The van der Waals surface area contributed by atoms with Crippen LogP contribution in [0.15, 0.2) is 33.5 Å². The predicted molar refractivity (Wildman–Crippen MR) is 134 cm³/mol. The molecule has 204 valence electrons. The number of rotatable bonds is 6. The van der Waals surface area contributed by atoms with E-state index in [9.17, 15) is 24.6 Å². The van der Waals surface area contributed by atoms with Crippen molar-refractivity contribution in [2.45, 2.75) is 64.8 Å². The Morgan fingerprint density at radius 2 is 1.87 bits per heavy atom. The van der Waals surface area contributed by atoms with Crippen LogP contribution in [0.3, 0.4) is 0 Å². The third kappa shape index (κ3) is 4.97. The lowest BCUT2D eigenvalue weighted by molar-refractivity contribution is -0.305. The molecule has 2 aromatic heterocycles. The largest absolute Gasteiger partial charge is 0.505 e. The fourth-order valence-electron chi connectivity index (χ4n) is 4.52. The average Bonchev–Trinajstić information content (AvgIpc) is 3.28. The summed E-state index contributed by atoms with van der Waals surface area (Å²) in [6, 6.07) is 6.22. The van der Waals surface area contributed by atoms with E-state index in [-0.39, 0.29) is 28.1 Å². The Kier molecular flexibility index (Phi) is 7.24. The lowest BCUT2D eigenvalue weighted by Gasteiger charge is -2.47. The summed E-state index contributed by atoms with van der Waals surface area (Å²) in [6.45, 7) is 7.98. The molecule has 0 aliphatic carbocycles. The number of aromatic hydroxyl groups is 1. The topological polar surface area (TPSA) is 170 Å². The third-order valence-corrected chi connectivity index (χ3v) is 6.36. The smallest absolute Gasteiger partial charge is 0.364 e. The van der Waals surface area contributed by atoms with Crippen molar-refractivity contribution >= 4 is 28.5 Å². The number of aromatic nitrogens is 1. The number of esters is 1. The summed E-state index contributed by atoms with van der Waals surface area (Å²) in [4.78, 5) is 39.5. The number of aliphatic hydroxyl groups is 1. The van der Waals surface area contributed by atoms with Crippen LogP contribution in [0.5, 0.6) is 11.5 Å². The second kappa shape index (κ2) is 10.1. The van der Waals surface area contributed by atoms with Gasteiger partial charge in [0.2, 0.25) is 12.2 Å². The maximum Gasteiger partial charge on any atom is 0.364 e. The molecule has 1 fully saturated rings. The lowest BCUT2D eigenvalue weighted by atomic mass is 9.89. The van der Waals surface area contributed by atoms with Gasteiger partial charge in [0.1, 0.15) is 23.1 Å². The molecular formula is C26H30N2O10. The van der Waals surface area contributed by atoms with Crippen LogP contribution in [0.2, 0.25) is 0 Å². The Balaban J connectivity index is 1.66. The Bertz CT molecular complexity index is 1440. The number of anilines is 1. The second-order valence-electron chi connectivity index (χ2n) is 9.64. The van der Waals surface area contributed by atoms with E-state index in [4.69, 9.17) is 23.4 Å². The second-order valence-corrected chi connectivity index (χ2v) is 9.64. The van der Waals surface area contributed by atoms with Crippen molar-refractivity contribution in [2.24, 2.45) is 0 Å². The molecule has 12 nitrogen and oxygen atoms in total. The molecule has 1 aliphatic heterocycles. The Morgan fingerprint density at radius 1 is 1.16 bits per heavy atom. The molecule has 38 heavy (non-hydrogen) atoms. The van der Waals surface area contributed by atoms with Gasteiger partial charge in [0, 0.05) is 25.3 Å². The van der Waals surface area contributed by atoms with Gasteiger partial charge in [0.25, 0.3) is 0 Å². The van der Waals surface area contributed by atoms with Gasteiger partial charge >= 0.3 is 11.6 Å². The minimum absolute atomic E-state index is 0.0172. The summed E-state index contributed by atoms with van der Waals surface area (Å²) < 4.78 is 28.5. The van der Waals surface area contributed by atoms with E-state index in [0.29, 0.717) is 5.56 Å². The highest BCUT2D eigenvalue weighted by molar-refractivity contribution is 5.97. The Hall–Kier alpha value is -3.87. The number of nitrogens with one attached hydrogen (secondary N) is 2. The van der Waals surface area contributed by atoms with Crippen molar-refractivity contribution in [3.8, 4) is 11.5 Å². The highest BCUT2D eigenvalue weighted by Crippen LogP contribution is 2.38. The summed E-state index contributed by atoms with van der Waals surface area (Å²) in [6.07, 6.45) is -4.77. The first-order valence-corrected chi connectivity index (χ1v) is 11.8. The SMILES string of the molecule is COC1C(OC(=O)c2ccc(C)[nH]2)C(O)C(Oc2ccc3c(O)c(NC(C)=O)c(=O)oc3c2C)OC1(C)C. The standard InChI is InChI=1S/C26H30N2O10/c1-11-7-9-15(27-11)23(32)37-21-19(31)25(38-26(4,5)22(21)34-6)35-16-10-8-14-18(30)17(28-13(3)29)24(33)36-20(14)12(16)2/h7-10,19,21-22,25,27,30-31H,1-6H3,(H,28,29). The van der Waals surface area contributed by atoms with Crippen LogP contribution < -0.4 is 15.7 Å². The molecule has 0 radical (unpaired) electrons. The highest BCUT2D eigenvalue weighted by Gasteiger charge is 2.53. The van der Waals surface area contributed by atoms with E-state index in [1.54, 1.807) is 39.8 Å². The van der Waals surface area contributed by atoms with Gasteiger partial charge in [-0.15, -0.1) is 0 Å². The number of benzene rings is 1. The minimum atomic E-state index is -1.47. The average molecular weight is 531 g/mol. The first-order chi connectivity index (χ1) is 17.8. The highest BCUT2D eigenvalue weighted by atomic mass is 16.7. The maximum absolute atomic E-state index is 12.8. The van der Waals surface area contributed by atoms with E-state index in [2.05, 4.69) is 10.3 Å². The number of H-pyrrole nitrogens is 1. The normalized spacial score (nSPS) is 22.7. The number of amides is 1. The summed E-state index contributed by atoms with van der Waals surface area (Å²) >= 11 is 0. The molecule has 0 saturated carbocycles. The molecule has 1 saturated heterocycles. The van der Waals surface area contributed by atoms with Crippen LogP contribution in [0.4, 0.5) is 5.69 Å². The number of carbonyl (C=O) groups is 2. The molecule has 1 aromatic carbocycles. The van der Waals surface area contributed by atoms with E-state index in [0.717, 1.165) is 5.69 Å². The van der Waals surface area contributed by atoms with E-state index < -0.39 is 53.5 Å². The molecule has 4 N–H and O–H groups in total. The summed E-state index contributed by atoms with van der Waals surface area (Å²) in [7, 11) is 1.42. The first-order valence-electron chi connectivity index (χ1n) is 11.8. The first kappa shape index (κ1) is 27.2. The molecule has 4 unspecified atom stereocenters. The summed E-state index contributed by atoms with van der Waals surface area (Å²) in [5.41, 5.74) is -1.06. The number of fused-ring (bicyclic) bond motifs is 1. The van der Waals surface area contributed by atoms with Gasteiger partial charge in [-0.25, -0.2) is 9.59 Å². The number of carbonyl (C=O) groups excluding carboxylic acids is 2. The fraction of sp³-hybridized carbons (Fsp3) is 0.423. The number of aromatic amines is 1. The maximum atomic E-state index is 12.8. The number of methoxy groups -OCH3 is 1. The lowest BCUT2D eigenvalue weighted by Crippen LogP contribution is -2.65. The van der Waals surface area contributed by atoms with Crippen molar-refractivity contribution in [3.05, 3.63) is 51.6 Å². The Morgan fingerprint density at radius 3 is 2.47 bits per heavy atom. The third-order valence-electron chi connectivity index (χ3n) is 6.36. The monoisotopic (exact) mass is 530 g/mol. The van der Waals surface area contributed by atoms with Gasteiger partial charge in [-0.3, -0.25) is 4.79 Å². The predicted octanol–water partition coefficient (Wildman–Crippen LogP) is 2.52. The summed E-state index contributed by atoms with van der Waals surface area (Å²) in [5, 5.41) is 24.1. The van der Waals surface area contributed by atoms with Crippen LogP contribution >= 0.6 is 0 Å². The van der Waals surface area contributed by atoms with Gasteiger partial charge in [-0.2, -0.15) is 0 Å². The van der Waals surface area contributed by atoms with Crippen LogP contribution in [-0.2, 0) is 19.0 Å². The van der Waals surface area contributed by atoms with Crippen LogP contribution in [0.25, 0.3) is 11.0 Å². The molecular weight excluding hydrogens is 500 g/mol. The van der Waals surface area contributed by atoms with Crippen molar-refractivity contribution in [3.63, 3.8) is 0 Å². The van der Waals surface area contributed by atoms with Gasteiger partial charge in [-0.1, -0.05) is 0 Å². The van der Waals surface area contributed by atoms with E-state index in [1.165, 1.54) is 26.2 Å². The number of aliphatic hydroxyl groups excluding tert-OH is 1. The van der Waals surface area contributed by atoms with Crippen molar-refractivity contribution in [2.75, 3.05) is 12.4 Å². The molecule has 4 rings (SSSR count). The van der Waals surface area contributed by atoms with Gasteiger partial charge in [0.15, 0.2) is 23.6 Å². The van der Waals surface area contributed by atoms with Crippen LogP contribution in [-0.4, -0.2) is 64.4 Å². The van der Waals surface area contributed by atoms with Crippen LogP contribution in [0, 0.1) is 13.8 Å². The number of hydrogen-bond acceptors (Lipinski definition) is 10. The van der Waals surface area contributed by atoms with E-state index in [1.807, 2.05) is 0 Å². The molecule has 0 bridgehead atoms. The Labute approximate surface area is 217 Å². The molecule has 12 heteroatoms. The molecule has 3 heterocycles. The molecule has 4 atom stereocenters.